The predicted octanol–water partition coefficient (Wildman–Crippen LogP) is 3.64. The van der Waals surface area contributed by atoms with E-state index in [-0.39, 0.29) is 0 Å². The Bertz CT molecular complexity index is 560. The van der Waals surface area contributed by atoms with Crippen LogP contribution in [0.3, 0.4) is 0 Å². The van der Waals surface area contributed by atoms with Crippen LogP contribution in [-0.4, -0.2) is 16.1 Å². The van der Waals surface area contributed by atoms with E-state index in [0.29, 0.717) is 18.4 Å². The summed E-state index contributed by atoms with van der Waals surface area (Å²) in [7, 11) is 0. The minimum atomic E-state index is 0.325. The maximum absolute atomic E-state index is 5.92. The van der Waals surface area contributed by atoms with E-state index in [0.717, 1.165) is 10.2 Å². The highest BCUT2D eigenvalue weighted by atomic mass is 79.9. The molecular formula is C15H20BrN3. The molecule has 102 valence electrons. The number of benzene rings is 1. The third kappa shape index (κ3) is 2.90. The standard InChI is InChI=1S/C15H20BrN3/c1-10(2)13(7-17)15-8-18-9-19(15)12-4-5-14(16)11(3)6-12/h4-6,8-10,13H,7,17H2,1-3H3. The number of rotatable bonds is 4. The molecule has 0 fully saturated rings. The monoisotopic (exact) mass is 321 g/mol. The Balaban J connectivity index is 2.46. The van der Waals surface area contributed by atoms with Gasteiger partial charge in [0.15, 0.2) is 0 Å². The van der Waals surface area contributed by atoms with E-state index >= 15 is 0 Å². The number of hydrogen-bond donors (Lipinski definition) is 1. The number of hydrogen-bond acceptors (Lipinski definition) is 2. The van der Waals surface area contributed by atoms with E-state index in [1.54, 1.807) is 0 Å². The van der Waals surface area contributed by atoms with Crippen LogP contribution in [0, 0.1) is 12.8 Å². The molecule has 19 heavy (non-hydrogen) atoms. The number of halogens is 1. The molecule has 2 aromatic rings. The fourth-order valence-electron chi connectivity index (χ4n) is 2.31. The van der Waals surface area contributed by atoms with Gasteiger partial charge >= 0.3 is 0 Å². The average molecular weight is 322 g/mol. The van der Waals surface area contributed by atoms with Crippen molar-refractivity contribution < 1.29 is 0 Å². The van der Waals surface area contributed by atoms with Crippen LogP contribution < -0.4 is 5.73 Å². The molecule has 1 heterocycles. The van der Waals surface area contributed by atoms with Crippen molar-refractivity contribution in [2.75, 3.05) is 6.54 Å². The van der Waals surface area contributed by atoms with E-state index in [1.807, 2.05) is 12.5 Å². The van der Waals surface area contributed by atoms with Gasteiger partial charge in [-0.15, -0.1) is 0 Å². The van der Waals surface area contributed by atoms with Crippen molar-refractivity contribution in [1.82, 2.24) is 9.55 Å². The average Bonchev–Trinajstić information content (AvgIpc) is 2.82. The Morgan fingerprint density at radius 2 is 2.11 bits per heavy atom. The summed E-state index contributed by atoms with van der Waals surface area (Å²) in [4.78, 5) is 4.30. The first-order chi connectivity index (χ1) is 9.04. The van der Waals surface area contributed by atoms with Gasteiger partial charge in [-0.1, -0.05) is 29.8 Å². The smallest absolute Gasteiger partial charge is 0.0994 e. The lowest BCUT2D eigenvalue weighted by atomic mass is 9.93. The molecular weight excluding hydrogens is 302 g/mol. The number of nitrogens with two attached hydrogens (primary N) is 1. The van der Waals surface area contributed by atoms with Crippen molar-refractivity contribution >= 4 is 15.9 Å². The highest BCUT2D eigenvalue weighted by Gasteiger charge is 2.19. The highest BCUT2D eigenvalue weighted by Crippen LogP contribution is 2.27. The van der Waals surface area contributed by atoms with Crippen LogP contribution in [0.5, 0.6) is 0 Å². The Morgan fingerprint density at radius 3 is 2.68 bits per heavy atom. The lowest BCUT2D eigenvalue weighted by molar-refractivity contribution is 0.490. The number of aryl methyl sites for hydroxylation is 1. The molecule has 0 aliphatic heterocycles. The Hall–Kier alpha value is -1.13. The second-order valence-electron chi connectivity index (χ2n) is 5.21. The van der Waals surface area contributed by atoms with Gasteiger partial charge in [-0.05, 0) is 36.6 Å². The summed E-state index contributed by atoms with van der Waals surface area (Å²) in [6.07, 6.45) is 3.79. The lowest BCUT2D eigenvalue weighted by Crippen LogP contribution is -2.20. The zero-order valence-electron chi connectivity index (χ0n) is 11.6. The molecule has 1 aromatic heterocycles. The van der Waals surface area contributed by atoms with Crippen LogP contribution in [0.15, 0.2) is 35.2 Å². The molecule has 0 bridgehead atoms. The summed E-state index contributed by atoms with van der Waals surface area (Å²) in [6.45, 7) is 7.12. The Kier molecular flexibility index (Phi) is 4.42. The van der Waals surface area contributed by atoms with Gasteiger partial charge < -0.3 is 10.3 Å². The minimum Gasteiger partial charge on any atom is -0.330 e. The van der Waals surface area contributed by atoms with E-state index < -0.39 is 0 Å². The van der Waals surface area contributed by atoms with Gasteiger partial charge in [0.2, 0.25) is 0 Å². The van der Waals surface area contributed by atoms with Crippen molar-refractivity contribution in [2.45, 2.75) is 26.7 Å². The van der Waals surface area contributed by atoms with Gasteiger partial charge in [0.05, 0.1) is 6.33 Å². The fraction of sp³-hybridized carbons (Fsp3) is 0.400. The fourth-order valence-corrected chi connectivity index (χ4v) is 2.56. The second kappa shape index (κ2) is 5.88. The topological polar surface area (TPSA) is 43.8 Å². The van der Waals surface area contributed by atoms with Crippen molar-refractivity contribution in [3.63, 3.8) is 0 Å². The van der Waals surface area contributed by atoms with Gasteiger partial charge in [0, 0.05) is 34.5 Å². The van der Waals surface area contributed by atoms with Crippen LogP contribution in [0.4, 0.5) is 0 Å². The normalized spacial score (nSPS) is 12.9. The third-order valence-corrected chi connectivity index (χ3v) is 4.42. The number of nitrogens with zero attached hydrogens (tertiary/aromatic N) is 2. The Labute approximate surface area is 123 Å². The maximum atomic E-state index is 5.92. The van der Waals surface area contributed by atoms with Crippen LogP contribution in [-0.2, 0) is 0 Å². The van der Waals surface area contributed by atoms with E-state index in [4.69, 9.17) is 5.73 Å². The van der Waals surface area contributed by atoms with Crippen LogP contribution in [0.2, 0.25) is 0 Å². The van der Waals surface area contributed by atoms with Crippen LogP contribution in [0.25, 0.3) is 5.69 Å². The molecule has 1 atom stereocenters. The second-order valence-corrected chi connectivity index (χ2v) is 6.06. The van der Waals surface area contributed by atoms with Crippen molar-refractivity contribution in [3.05, 3.63) is 46.5 Å². The number of imidazole rings is 1. The SMILES string of the molecule is Cc1cc(-n2cncc2C(CN)C(C)C)ccc1Br. The van der Waals surface area contributed by atoms with Crippen molar-refractivity contribution in [3.8, 4) is 5.69 Å². The third-order valence-electron chi connectivity index (χ3n) is 3.53. The van der Waals surface area contributed by atoms with E-state index in [1.165, 1.54) is 11.3 Å². The molecule has 1 unspecified atom stereocenters. The summed E-state index contributed by atoms with van der Waals surface area (Å²) in [6, 6.07) is 6.32. The summed E-state index contributed by atoms with van der Waals surface area (Å²) < 4.78 is 3.26. The largest absolute Gasteiger partial charge is 0.330 e. The van der Waals surface area contributed by atoms with Crippen LogP contribution >= 0.6 is 15.9 Å². The summed E-state index contributed by atoms with van der Waals surface area (Å²) >= 11 is 3.53. The highest BCUT2D eigenvalue weighted by molar-refractivity contribution is 9.10. The molecule has 2 N–H and O–H groups in total. The maximum Gasteiger partial charge on any atom is 0.0994 e. The molecule has 0 amide bonds. The minimum absolute atomic E-state index is 0.325. The molecule has 3 nitrogen and oxygen atoms in total. The molecule has 0 radical (unpaired) electrons. The number of aromatic nitrogens is 2. The lowest BCUT2D eigenvalue weighted by Gasteiger charge is -2.21. The molecule has 0 aliphatic carbocycles. The van der Waals surface area contributed by atoms with E-state index in [9.17, 15) is 0 Å². The molecule has 0 saturated carbocycles. The first-order valence-corrected chi connectivity index (χ1v) is 7.32. The summed E-state index contributed by atoms with van der Waals surface area (Å²) in [5.74, 6) is 0.823. The van der Waals surface area contributed by atoms with Crippen molar-refractivity contribution in [2.24, 2.45) is 11.7 Å². The van der Waals surface area contributed by atoms with Gasteiger partial charge in [0.1, 0.15) is 0 Å². The van der Waals surface area contributed by atoms with Gasteiger partial charge in [0.25, 0.3) is 0 Å². The first kappa shape index (κ1) is 14.3. The summed E-state index contributed by atoms with van der Waals surface area (Å²) in [5, 5.41) is 0. The molecule has 0 aliphatic rings. The Morgan fingerprint density at radius 1 is 1.37 bits per heavy atom. The quantitative estimate of drug-likeness (QED) is 0.934. The van der Waals surface area contributed by atoms with E-state index in [2.05, 4.69) is 64.5 Å². The van der Waals surface area contributed by atoms with Gasteiger partial charge in [-0.3, -0.25) is 0 Å². The molecule has 1 aromatic carbocycles. The van der Waals surface area contributed by atoms with Gasteiger partial charge in [-0.25, -0.2) is 4.98 Å². The zero-order valence-corrected chi connectivity index (χ0v) is 13.2. The first-order valence-electron chi connectivity index (χ1n) is 6.53. The van der Waals surface area contributed by atoms with Gasteiger partial charge in [-0.2, -0.15) is 0 Å². The van der Waals surface area contributed by atoms with Crippen LogP contribution in [0.1, 0.15) is 31.0 Å². The zero-order chi connectivity index (χ0) is 14.0. The predicted molar refractivity (Wildman–Crippen MR) is 82.6 cm³/mol. The molecule has 2 rings (SSSR count). The molecule has 4 heteroatoms. The van der Waals surface area contributed by atoms with Crippen molar-refractivity contribution in [1.29, 1.82) is 0 Å². The summed E-state index contributed by atoms with van der Waals surface area (Å²) in [5.41, 5.74) is 9.44. The molecule has 0 spiro atoms. The molecule has 0 saturated heterocycles.